The molecule has 0 amide bonds. The number of aliphatic hydroxyl groups is 1. The first-order chi connectivity index (χ1) is 7.00. The molecule has 0 fully saturated rings. The average molecular weight is 209 g/mol. The van der Waals surface area contributed by atoms with Crippen LogP contribution in [-0.2, 0) is 0 Å². The van der Waals surface area contributed by atoms with Gasteiger partial charge in [-0.05, 0) is 31.8 Å². The summed E-state index contributed by atoms with van der Waals surface area (Å²) in [6.45, 7) is 0.475. The lowest BCUT2D eigenvalue weighted by atomic mass is 10.1. The lowest BCUT2D eigenvalue weighted by Gasteiger charge is -2.16. The number of carboxylic acids is 1. The largest absolute Gasteiger partial charge is 0.478 e. The highest BCUT2D eigenvalue weighted by molar-refractivity contribution is 5.87. The minimum Gasteiger partial charge on any atom is -0.478 e. The van der Waals surface area contributed by atoms with Crippen LogP contribution in [0.5, 0.6) is 0 Å². The number of hydrogen-bond acceptors (Lipinski definition) is 3. The molecule has 0 aliphatic carbocycles. The number of aliphatic hydroxyl groups excluding tert-OH is 1. The van der Waals surface area contributed by atoms with E-state index >= 15 is 0 Å². The molecule has 1 aromatic carbocycles. The molecule has 4 nitrogen and oxygen atoms in total. The minimum absolute atomic E-state index is 0.199. The lowest BCUT2D eigenvalue weighted by Crippen LogP contribution is -2.20. The maximum Gasteiger partial charge on any atom is 0.335 e. The Morgan fingerprint density at radius 2 is 2.13 bits per heavy atom. The second-order valence-electron chi connectivity index (χ2n) is 3.71. The second kappa shape index (κ2) is 4.91. The highest BCUT2D eigenvalue weighted by Crippen LogP contribution is 2.15. The Hall–Kier alpha value is -1.39. The Morgan fingerprint density at radius 3 is 2.67 bits per heavy atom. The molecule has 0 radical (unpaired) electrons. The van der Waals surface area contributed by atoms with Crippen LogP contribution in [0.1, 0.15) is 22.0 Å². The summed E-state index contributed by atoms with van der Waals surface area (Å²) in [4.78, 5) is 12.6. The van der Waals surface area contributed by atoms with E-state index in [0.717, 1.165) is 0 Å². The van der Waals surface area contributed by atoms with Crippen LogP contribution >= 0.6 is 0 Å². The van der Waals surface area contributed by atoms with E-state index in [2.05, 4.69) is 0 Å². The van der Waals surface area contributed by atoms with Gasteiger partial charge in [-0.2, -0.15) is 0 Å². The molecule has 1 atom stereocenters. The molecule has 2 N–H and O–H groups in total. The number of carboxylic acid groups (broad SMARTS) is 1. The summed E-state index contributed by atoms with van der Waals surface area (Å²) >= 11 is 0. The van der Waals surface area contributed by atoms with Crippen molar-refractivity contribution in [1.82, 2.24) is 4.90 Å². The van der Waals surface area contributed by atoms with Crippen LogP contribution in [0, 0.1) is 0 Å². The van der Waals surface area contributed by atoms with Gasteiger partial charge in [-0.25, -0.2) is 4.79 Å². The predicted molar refractivity (Wildman–Crippen MR) is 56.9 cm³/mol. The van der Waals surface area contributed by atoms with E-state index < -0.39 is 12.1 Å². The van der Waals surface area contributed by atoms with Crippen molar-refractivity contribution in [2.75, 3.05) is 20.6 Å². The molecule has 82 valence electrons. The van der Waals surface area contributed by atoms with Crippen molar-refractivity contribution in [3.05, 3.63) is 35.4 Å². The van der Waals surface area contributed by atoms with Crippen molar-refractivity contribution in [2.24, 2.45) is 0 Å². The molecule has 4 heteroatoms. The van der Waals surface area contributed by atoms with Crippen LogP contribution in [0.2, 0.25) is 0 Å². The van der Waals surface area contributed by atoms with Gasteiger partial charge in [-0.1, -0.05) is 12.1 Å². The van der Waals surface area contributed by atoms with Gasteiger partial charge in [0.2, 0.25) is 0 Å². The fourth-order valence-electron chi connectivity index (χ4n) is 1.33. The number of nitrogens with zero attached hydrogens (tertiary/aromatic N) is 1. The minimum atomic E-state index is -0.978. The molecule has 0 bridgehead atoms. The monoisotopic (exact) mass is 209 g/mol. The van der Waals surface area contributed by atoms with Crippen LogP contribution in [-0.4, -0.2) is 41.7 Å². The van der Waals surface area contributed by atoms with E-state index in [0.29, 0.717) is 12.1 Å². The van der Waals surface area contributed by atoms with Crippen molar-refractivity contribution in [1.29, 1.82) is 0 Å². The molecule has 1 rings (SSSR count). The normalized spacial score (nSPS) is 12.8. The van der Waals surface area contributed by atoms with Crippen LogP contribution in [0.4, 0.5) is 0 Å². The Kier molecular flexibility index (Phi) is 3.82. The molecular weight excluding hydrogens is 194 g/mol. The summed E-state index contributed by atoms with van der Waals surface area (Å²) in [5, 5.41) is 18.5. The summed E-state index contributed by atoms with van der Waals surface area (Å²) in [6.07, 6.45) is -0.653. The first-order valence-corrected chi connectivity index (χ1v) is 4.66. The third kappa shape index (κ3) is 3.34. The van der Waals surface area contributed by atoms with E-state index in [1.807, 2.05) is 19.0 Å². The number of rotatable bonds is 4. The number of hydrogen-bond donors (Lipinski definition) is 2. The number of likely N-dealkylation sites (N-methyl/N-ethyl adjacent to an activating group) is 1. The molecule has 0 spiro atoms. The maximum atomic E-state index is 10.7. The maximum absolute atomic E-state index is 10.7. The van der Waals surface area contributed by atoms with Crippen molar-refractivity contribution in [3.8, 4) is 0 Å². The first kappa shape index (κ1) is 11.7. The average Bonchev–Trinajstić information content (AvgIpc) is 2.17. The predicted octanol–water partition coefficient (Wildman–Crippen LogP) is 0.980. The van der Waals surface area contributed by atoms with Gasteiger partial charge in [0, 0.05) is 6.54 Å². The summed E-state index contributed by atoms with van der Waals surface area (Å²) in [6, 6.07) is 6.36. The summed E-state index contributed by atoms with van der Waals surface area (Å²) in [5.74, 6) is -0.978. The van der Waals surface area contributed by atoms with Crippen molar-refractivity contribution >= 4 is 5.97 Å². The van der Waals surface area contributed by atoms with Crippen LogP contribution in [0.15, 0.2) is 24.3 Å². The highest BCUT2D eigenvalue weighted by Gasteiger charge is 2.10. The summed E-state index contributed by atoms with van der Waals surface area (Å²) in [5.41, 5.74) is 0.828. The van der Waals surface area contributed by atoms with Gasteiger partial charge in [0.05, 0.1) is 11.7 Å². The van der Waals surface area contributed by atoms with E-state index in [4.69, 9.17) is 5.11 Å². The molecule has 15 heavy (non-hydrogen) atoms. The molecule has 0 aliphatic heterocycles. The number of benzene rings is 1. The van der Waals surface area contributed by atoms with Gasteiger partial charge in [-0.15, -0.1) is 0 Å². The Balaban J connectivity index is 2.85. The van der Waals surface area contributed by atoms with E-state index in [9.17, 15) is 9.90 Å². The zero-order chi connectivity index (χ0) is 11.4. The van der Waals surface area contributed by atoms with E-state index in [-0.39, 0.29) is 5.56 Å². The quantitative estimate of drug-likeness (QED) is 0.776. The zero-order valence-corrected chi connectivity index (χ0v) is 8.84. The van der Waals surface area contributed by atoms with Crippen molar-refractivity contribution < 1.29 is 15.0 Å². The fourth-order valence-corrected chi connectivity index (χ4v) is 1.33. The second-order valence-corrected chi connectivity index (χ2v) is 3.71. The Morgan fingerprint density at radius 1 is 1.47 bits per heavy atom. The third-order valence-corrected chi connectivity index (χ3v) is 2.06. The first-order valence-electron chi connectivity index (χ1n) is 4.66. The molecule has 0 aromatic heterocycles. The van der Waals surface area contributed by atoms with Crippen LogP contribution in [0.3, 0.4) is 0 Å². The van der Waals surface area contributed by atoms with Crippen molar-refractivity contribution in [3.63, 3.8) is 0 Å². The van der Waals surface area contributed by atoms with Gasteiger partial charge in [0.15, 0.2) is 0 Å². The molecule has 0 aliphatic rings. The SMILES string of the molecule is CN(C)CC(O)c1cccc(C(=O)O)c1. The number of aromatic carboxylic acids is 1. The standard InChI is InChI=1S/C11H15NO3/c1-12(2)7-10(13)8-4-3-5-9(6-8)11(14)15/h3-6,10,13H,7H2,1-2H3,(H,14,15). The zero-order valence-electron chi connectivity index (χ0n) is 8.84. The van der Waals surface area contributed by atoms with E-state index in [1.54, 1.807) is 12.1 Å². The van der Waals surface area contributed by atoms with Gasteiger partial charge in [-0.3, -0.25) is 0 Å². The molecule has 1 unspecified atom stereocenters. The van der Waals surface area contributed by atoms with Gasteiger partial charge < -0.3 is 15.1 Å². The van der Waals surface area contributed by atoms with Crippen LogP contribution in [0.25, 0.3) is 0 Å². The summed E-state index contributed by atoms with van der Waals surface area (Å²) < 4.78 is 0. The van der Waals surface area contributed by atoms with Crippen LogP contribution < -0.4 is 0 Å². The van der Waals surface area contributed by atoms with E-state index in [1.165, 1.54) is 12.1 Å². The smallest absolute Gasteiger partial charge is 0.335 e. The van der Waals surface area contributed by atoms with Gasteiger partial charge in [0.1, 0.15) is 0 Å². The third-order valence-electron chi connectivity index (χ3n) is 2.06. The number of carbonyl (C=O) groups is 1. The Bertz CT molecular complexity index is 349. The molecule has 0 saturated heterocycles. The molecule has 0 saturated carbocycles. The molecular formula is C11H15NO3. The molecule has 1 aromatic rings. The van der Waals surface area contributed by atoms with Gasteiger partial charge >= 0.3 is 5.97 Å². The Labute approximate surface area is 88.8 Å². The lowest BCUT2D eigenvalue weighted by molar-refractivity contribution is 0.0696. The summed E-state index contributed by atoms with van der Waals surface area (Å²) in [7, 11) is 3.70. The fraction of sp³-hybridized carbons (Fsp3) is 0.364. The van der Waals surface area contributed by atoms with Crippen molar-refractivity contribution in [2.45, 2.75) is 6.10 Å². The highest BCUT2D eigenvalue weighted by atomic mass is 16.4. The van der Waals surface area contributed by atoms with Gasteiger partial charge in [0.25, 0.3) is 0 Å². The molecule has 0 heterocycles. The topological polar surface area (TPSA) is 60.8 Å².